The minimum atomic E-state index is -0.289. The number of amides is 1. The third-order valence-corrected chi connectivity index (χ3v) is 3.23. The fraction of sp³-hybridized carbons (Fsp3) is 0.500. The molecule has 18 heavy (non-hydrogen) atoms. The van der Waals surface area contributed by atoms with Gasteiger partial charge >= 0.3 is 0 Å². The molecule has 1 aromatic rings. The molecule has 0 radical (unpaired) electrons. The van der Waals surface area contributed by atoms with Crippen LogP contribution in [0.25, 0.3) is 0 Å². The van der Waals surface area contributed by atoms with Gasteiger partial charge in [0.25, 0.3) is 0 Å². The maximum atomic E-state index is 13.4. The topological polar surface area (TPSA) is 32.3 Å². The summed E-state index contributed by atoms with van der Waals surface area (Å²) in [6, 6.07) is 4.63. The second-order valence-corrected chi connectivity index (χ2v) is 4.73. The molecule has 0 aliphatic carbocycles. The number of hydrogen-bond donors (Lipinski definition) is 1. The Bertz CT molecular complexity index is 425. The van der Waals surface area contributed by atoms with Crippen LogP contribution in [-0.2, 0) is 4.79 Å². The average Bonchev–Trinajstić information content (AvgIpc) is 2.31. The van der Waals surface area contributed by atoms with Crippen LogP contribution in [-0.4, -0.2) is 25.0 Å². The summed E-state index contributed by atoms with van der Waals surface area (Å²) < 4.78 is 13.4. The molecule has 0 saturated carbocycles. The summed E-state index contributed by atoms with van der Waals surface area (Å²) >= 11 is 0. The van der Waals surface area contributed by atoms with Crippen LogP contribution in [0.1, 0.15) is 25.3 Å². The first-order chi connectivity index (χ1) is 8.61. The lowest BCUT2D eigenvalue weighted by Gasteiger charge is -2.32. The van der Waals surface area contributed by atoms with Gasteiger partial charge in [0.15, 0.2) is 0 Å². The molecular formula is C14H19FN2O. The maximum absolute atomic E-state index is 13.4. The molecule has 1 aromatic carbocycles. The van der Waals surface area contributed by atoms with E-state index in [1.54, 1.807) is 4.90 Å². The third-order valence-electron chi connectivity index (χ3n) is 3.23. The summed E-state index contributed by atoms with van der Waals surface area (Å²) in [4.78, 5) is 14.0. The summed E-state index contributed by atoms with van der Waals surface area (Å²) in [6.45, 7) is 5.26. The summed E-state index contributed by atoms with van der Waals surface area (Å²) in [5.74, 6) is -0.239. The Morgan fingerprint density at radius 1 is 1.44 bits per heavy atom. The molecule has 1 heterocycles. The van der Waals surface area contributed by atoms with Gasteiger partial charge in [-0.05, 0) is 50.1 Å². The summed E-state index contributed by atoms with van der Waals surface area (Å²) in [5, 5.41) is 3.18. The van der Waals surface area contributed by atoms with Gasteiger partial charge in [0, 0.05) is 12.2 Å². The van der Waals surface area contributed by atoms with Crippen LogP contribution in [0.4, 0.5) is 10.1 Å². The van der Waals surface area contributed by atoms with Gasteiger partial charge in [-0.2, -0.15) is 0 Å². The zero-order valence-electron chi connectivity index (χ0n) is 10.9. The van der Waals surface area contributed by atoms with Crippen LogP contribution < -0.4 is 10.2 Å². The van der Waals surface area contributed by atoms with Crippen molar-refractivity contribution in [1.82, 2.24) is 5.32 Å². The molecule has 0 bridgehead atoms. The van der Waals surface area contributed by atoms with Crippen molar-refractivity contribution in [3.8, 4) is 0 Å². The number of benzene rings is 1. The molecule has 1 fully saturated rings. The van der Waals surface area contributed by atoms with Crippen LogP contribution in [0.3, 0.4) is 0 Å². The molecular weight excluding hydrogens is 231 g/mol. The maximum Gasteiger partial charge on any atom is 0.244 e. The first-order valence-corrected chi connectivity index (χ1v) is 6.43. The number of carbonyl (C=O) groups excluding carboxylic acids is 1. The van der Waals surface area contributed by atoms with Crippen molar-refractivity contribution in [2.24, 2.45) is 0 Å². The largest absolute Gasteiger partial charge is 0.311 e. The van der Waals surface area contributed by atoms with E-state index in [1.807, 2.05) is 19.9 Å². The monoisotopic (exact) mass is 250 g/mol. The number of anilines is 1. The third kappa shape index (κ3) is 2.70. The lowest BCUT2D eigenvalue weighted by Crippen LogP contribution is -2.50. The number of carbonyl (C=O) groups is 1. The molecule has 1 saturated heterocycles. The SMILES string of the molecule is CCNC1CCCN(c2cc(C)cc(F)c2)C1=O. The van der Waals surface area contributed by atoms with Crippen LogP contribution in [0.15, 0.2) is 18.2 Å². The lowest BCUT2D eigenvalue weighted by atomic mass is 10.0. The van der Waals surface area contributed by atoms with Crippen LogP contribution in [0.2, 0.25) is 0 Å². The van der Waals surface area contributed by atoms with Crippen molar-refractivity contribution in [3.05, 3.63) is 29.6 Å². The summed E-state index contributed by atoms with van der Waals surface area (Å²) in [5.41, 5.74) is 1.50. The van der Waals surface area contributed by atoms with Gasteiger partial charge in [0.2, 0.25) is 5.91 Å². The Hall–Kier alpha value is -1.42. The van der Waals surface area contributed by atoms with E-state index in [4.69, 9.17) is 0 Å². The van der Waals surface area contributed by atoms with E-state index in [0.717, 1.165) is 24.9 Å². The molecule has 1 aliphatic heterocycles. The Morgan fingerprint density at radius 3 is 2.89 bits per heavy atom. The number of likely N-dealkylation sites (N-methyl/N-ethyl adjacent to an activating group) is 1. The van der Waals surface area contributed by atoms with Crippen LogP contribution in [0, 0.1) is 12.7 Å². The Balaban J connectivity index is 2.23. The highest BCUT2D eigenvalue weighted by Gasteiger charge is 2.29. The van der Waals surface area contributed by atoms with Crippen molar-refractivity contribution in [3.63, 3.8) is 0 Å². The molecule has 4 heteroatoms. The number of piperidine rings is 1. The zero-order chi connectivity index (χ0) is 13.1. The van der Waals surface area contributed by atoms with Gasteiger partial charge in [0.1, 0.15) is 5.82 Å². The lowest BCUT2D eigenvalue weighted by molar-refractivity contribution is -0.121. The smallest absolute Gasteiger partial charge is 0.244 e. The van der Waals surface area contributed by atoms with Gasteiger partial charge in [-0.25, -0.2) is 4.39 Å². The summed E-state index contributed by atoms with van der Waals surface area (Å²) in [6.07, 6.45) is 1.80. The van der Waals surface area contributed by atoms with Gasteiger partial charge in [-0.15, -0.1) is 0 Å². The van der Waals surface area contributed by atoms with Gasteiger partial charge in [-0.3, -0.25) is 4.79 Å². The van der Waals surface area contributed by atoms with E-state index in [0.29, 0.717) is 12.2 Å². The molecule has 1 atom stereocenters. The molecule has 1 amide bonds. The fourth-order valence-electron chi connectivity index (χ4n) is 2.44. The predicted molar refractivity (Wildman–Crippen MR) is 70.2 cm³/mol. The number of rotatable bonds is 3. The van der Waals surface area contributed by atoms with E-state index >= 15 is 0 Å². The fourth-order valence-corrected chi connectivity index (χ4v) is 2.44. The first kappa shape index (κ1) is 13.0. The minimum absolute atomic E-state index is 0.0492. The molecule has 1 aliphatic rings. The number of nitrogens with one attached hydrogen (secondary N) is 1. The van der Waals surface area contributed by atoms with Crippen molar-refractivity contribution >= 4 is 11.6 Å². The standard InChI is InChI=1S/C14H19FN2O/c1-3-16-13-5-4-6-17(14(13)18)12-8-10(2)7-11(15)9-12/h7-9,13,16H,3-6H2,1-2H3. The highest BCUT2D eigenvalue weighted by molar-refractivity contribution is 5.98. The highest BCUT2D eigenvalue weighted by Crippen LogP contribution is 2.23. The first-order valence-electron chi connectivity index (χ1n) is 6.43. The molecule has 1 unspecified atom stereocenters. The average molecular weight is 250 g/mol. The van der Waals surface area contributed by atoms with Crippen molar-refractivity contribution in [2.45, 2.75) is 32.7 Å². The molecule has 0 spiro atoms. The van der Waals surface area contributed by atoms with Crippen LogP contribution in [0.5, 0.6) is 0 Å². The molecule has 1 N–H and O–H groups in total. The van der Waals surface area contributed by atoms with Crippen molar-refractivity contribution < 1.29 is 9.18 Å². The highest BCUT2D eigenvalue weighted by atomic mass is 19.1. The van der Waals surface area contributed by atoms with Gasteiger partial charge in [0.05, 0.1) is 6.04 Å². The van der Waals surface area contributed by atoms with E-state index in [9.17, 15) is 9.18 Å². The number of hydrogen-bond acceptors (Lipinski definition) is 2. The van der Waals surface area contributed by atoms with Gasteiger partial charge < -0.3 is 10.2 Å². The Labute approximate surface area is 107 Å². The van der Waals surface area contributed by atoms with Crippen molar-refractivity contribution in [2.75, 3.05) is 18.0 Å². The second kappa shape index (κ2) is 5.48. The second-order valence-electron chi connectivity index (χ2n) is 4.73. The predicted octanol–water partition coefficient (Wildman–Crippen LogP) is 2.24. The van der Waals surface area contributed by atoms with Crippen LogP contribution >= 0.6 is 0 Å². The zero-order valence-corrected chi connectivity index (χ0v) is 10.9. The number of halogens is 1. The quantitative estimate of drug-likeness (QED) is 0.892. The molecule has 98 valence electrons. The molecule has 0 aromatic heterocycles. The van der Waals surface area contributed by atoms with Gasteiger partial charge in [-0.1, -0.05) is 6.92 Å². The Kier molecular flexibility index (Phi) is 3.97. The summed E-state index contributed by atoms with van der Waals surface area (Å²) in [7, 11) is 0. The number of nitrogens with zero attached hydrogens (tertiary/aromatic N) is 1. The van der Waals surface area contributed by atoms with E-state index in [1.165, 1.54) is 12.1 Å². The normalized spacial score (nSPS) is 20.3. The minimum Gasteiger partial charge on any atom is -0.311 e. The Morgan fingerprint density at radius 2 is 2.22 bits per heavy atom. The number of aryl methyl sites for hydroxylation is 1. The van der Waals surface area contributed by atoms with Crippen molar-refractivity contribution in [1.29, 1.82) is 0 Å². The van der Waals surface area contributed by atoms with E-state index in [2.05, 4.69) is 5.32 Å². The molecule has 3 nitrogen and oxygen atoms in total. The molecule has 2 rings (SSSR count). The van der Waals surface area contributed by atoms with E-state index < -0.39 is 0 Å². The van der Waals surface area contributed by atoms with E-state index in [-0.39, 0.29) is 17.8 Å².